The van der Waals surface area contributed by atoms with Crippen LogP contribution in [0.3, 0.4) is 0 Å². The van der Waals surface area contributed by atoms with Crippen molar-refractivity contribution < 1.29 is 9.32 Å². The standard InChI is InChI=1S/C25H29ClN4O2S/c26-18-6-2-16(3-7-18)17-4-8-19(9-5-17)30-24-21(14-27-30)20-10-13-33(32)22(20)23(28-24)29-25(15-31)11-1-12-25/h2-3,6-7,14,17,19,31H,1,4-5,8-13,15H2,(H,28,29)/t17?,19?,33-/m1/s1. The SMILES string of the molecule is O=[S@@]1CCc2c1c(NC1(CO)CCC1)nc1c2cnn1C1CCC(c2ccc(Cl)cc2)CC1. The Labute approximate surface area is 201 Å². The summed E-state index contributed by atoms with van der Waals surface area (Å²) in [6, 6.07) is 8.57. The van der Waals surface area contributed by atoms with Gasteiger partial charge in [-0.05, 0) is 80.5 Å². The third-order valence-corrected chi connectivity index (χ3v) is 9.67. The van der Waals surface area contributed by atoms with E-state index in [0.717, 1.165) is 77.9 Å². The van der Waals surface area contributed by atoms with Gasteiger partial charge in [-0.3, -0.25) is 4.21 Å². The number of pyridine rings is 1. The van der Waals surface area contributed by atoms with Gasteiger partial charge in [0.1, 0.15) is 5.82 Å². The van der Waals surface area contributed by atoms with Gasteiger partial charge in [0.15, 0.2) is 5.65 Å². The zero-order valence-electron chi connectivity index (χ0n) is 18.6. The Kier molecular flexibility index (Phi) is 5.46. The van der Waals surface area contributed by atoms with Gasteiger partial charge in [0.25, 0.3) is 0 Å². The molecule has 3 aliphatic rings. The van der Waals surface area contributed by atoms with E-state index in [4.69, 9.17) is 21.7 Å². The Hall–Kier alpha value is -1.96. The summed E-state index contributed by atoms with van der Waals surface area (Å²) < 4.78 is 14.9. The van der Waals surface area contributed by atoms with Crippen LogP contribution in [0.4, 0.5) is 5.82 Å². The highest BCUT2D eigenvalue weighted by molar-refractivity contribution is 7.85. The molecule has 1 aliphatic heterocycles. The number of nitrogens with zero attached hydrogens (tertiary/aromatic N) is 3. The van der Waals surface area contributed by atoms with Crippen molar-refractivity contribution in [1.82, 2.24) is 14.8 Å². The first kappa shape index (κ1) is 21.6. The largest absolute Gasteiger partial charge is 0.394 e. The molecule has 2 saturated carbocycles. The number of aliphatic hydroxyl groups excluding tert-OH is 1. The van der Waals surface area contributed by atoms with E-state index in [1.54, 1.807) is 0 Å². The van der Waals surface area contributed by atoms with E-state index in [0.29, 0.717) is 23.5 Å². The van der Waals surface area contributed by atoms with Crippen LogP contribution in [0.15, 0.2) is 35.4 Å². The number of fused-ring (bicyclic) bond motifs is 3. The van der Waals surface area contributed by atoms with E-state index in [1.807, 2.05) is 18.3 Å². The molecule has 3 heterocycles. The molecule has 0 unspecified atom stereocenters. The van der Waals surface area contributed by atoms with Gasteiger partial charge in [0.05, 0.1) is 40.1 Å². The molecule has 0 amide bonds. The molecule has 0 radical (unpaired) electrons. The highest BCUT2D eigenvalue weighted by atomic mass is 35.5. The summed E-state index contributed by atoms with van der Waals surface area (Å²) in [6.07, 6.45) is 9.96. The van der Waals surface area contributed by atoms with Crippen molar-refractivity contribution in [1.29, 1.82) is 0 Å². The lowest BCUT2D eigenvalue weighted by molar-refractivity contribution is 0.143. The molecule has 2 N–H and O–H groups in total. The minimum atomic E-state index is -1.06. The second-order valence-corrected chi connectivity index (χ2v) is 11.8. The number of aromatic nitrogens is 3. The van der Waals surface area contributed by atoms with Crippen molar-refractivity contribution in [2.45, 2.75) is 73.8 Å². The van der Waals surface area contributed by atoms with E-state index in [-0.39, 0.29) is 12.1 Å². The van der Waals surface area contributed by atoms with Crippen molar-refractivity contribution in [3.8, 4) is 0 Å². The average molecular weight is 485 g/mol. The van der Waals surface area contributed by atoms with Crippen molar-refractivity contribution in [2.75, 3.05) is 17.7 Å². The lowest BCUT2D eigenvalue weighted by Gasteiger charge is -2.41. The van der Waals surface area contributed by atoms with Crippen LogP contribution in [0.5, 0.6) is 0 Å². The van der Waals surface area contributed by atoms with Crippen LogP contribution in [0.25, 0.3) is 11.0 Å². The Morgan fingerprint density at radius 3 is 2.61 bits per heavy atom. The lowest BCUT2D eigenvalue weighted by atomic mass is 9.77. The van der Waals surface area contributed by atoms with Crippen molar-refractivity contribution in [2.24, 2.45) is 0 Å². The van der Waals surface area contributed by atoms with Crippen LogP contribution in [0.1, 0.15) is 68.0 Å². The fourth-order valence-electron chi connectivity index (χ4n) is 5.81. The molecule has 6 rings (SSSR count). The third-order valence-electron chi connectivity index (χ3n) is 7.95. The van der Waals surface area contributed by atoms with Crippen LogP contribution in [-0.4, -0.2) is 42.0 Å². The van der Waals surface area contributed by atoms with Gasteiger partial charge in [0, 0.05) is 16.2 Å². The highest BCUT2D eigenvalue weighted by Gasteiger charge is 2.39. The van der Waals surface area contributed by atoms with Gasteiger partial charge in [0.2, 0.25) is 0 Å². The number of nitrogens with one attached hydrogen (secondary N) is 1. The van der Waals surface area contributed by atoms with Crippen molar-refractivity contribution in [3.05, 3.63) is 46.6 Å². The molecule has 33 heavy (non-hydrogen) atoms. The zero-order chi connectivity index (χ0) is 22.6. The summed E-state index contributed by atoms with van der Waals surface area (Å²) in [5.41, 5.74) is 3.04. The molecule has 0 saturated heterocycles. The maximum Gasteiger partial charge on any atom is 0.160 e. The number of aliphatic hydroxyl groups is 1. The van der Waals surface area contributed by atoms with Gasteiger partial charge in [-0.1, -0.05) is 23.7 Å². The Balaban J connectivity index is 1.31. The molecule has 3 aromatic rings. The molecule has 2 aliphatic carbocycles. The summed E-state index contributed by atoms with van der Waals surface area (Å²) in [7, 11) is -1.06. The van der Waals surface area contributed by atoms with Crippen LogP contribution < -0.4 is 5.32 Å². The maximum absolute atomic E-state index is 12.8. The molecule has 0 bridgehead atoms. The van der Waals surface area contributed by atoms with Gasteiger partial charge < -0.3 is 10.4 Å². The van der Waals surface area contributed by atoms with Crippen LogP contribution in [-0.2, 0) is 17.2 Å². The van der Waals surface area contributed by atoms with E-state index >= 15 is 0 Å². The molecule has 0 spiro atoms. The Bertz CT molecular complexity index is 1210. The normalized spacial score (nSPS) is 26.2. The second-order valence-electron chi connectivity index (χ2n) is 9.87. The molecular formula is C25H29ClN4O2S. The molecule has 2 fully saturated rings. The van der Waals surface area contributed by atoms with Crippen LogP contribution in [0.2, 0.25) is 5.02 Å². The van der Waals surface area contributed by atoms with E-state index in [9.17, 15) is 9.32 Å². The summed E-state index contributed by atoms with van der Waals surface area (Å²) >= 11 is 6.06. The number of halogens is 1. The second kappa shape index (κ2) is 8.36. The predicted molar refractivity (Wildman–Crippen MR) is 131 cm³/mol. The topological polar surface area (TPSA) is 80.0 Å². The predicted octanol–water partition coefficient (Wildman–Crippen LogP) is 4.97. The third kappa shape index (κ3) is 3.69. The first-order valence-electron chi connectivity index (χ1n) is 12.0. The van der Waals surface area contributed by atoms with E-state index in [2.05, 4.69) is 22.1 Å². The fourth-order valence-corrected chi connectivity index (χ4v) is 7.33. The first-order valence-corrected chi connectivity index (χ1v) is 13.7. The lowest BCUT2D eigenvalue weighted by Crippen LogP contribution is -2.48. The monoisotopic (exact) mass is 484 g/mol. The summed E-state index contributed by atoms with van der Waals surface area (Å²) in [5.74, 6) is 1.88. The zero-order valence-corrected chi connectivity index (χ0v) is 20.2. The summed E-state index contributed by atoms with van der Waals surface area (Å²) in [6.45, 7) is 0.0715. The average Bonchev–Trinajstić information content (AvgIpc) is 3.41. The van der Waals surface area contributed by atoms with Gasteiger partial charge in [-0.25, -0.2) is 9.67 Å². The van der Waals surface area contributed by atoms with Crippen molar-refractivity contribution in [3.63, 3.8) is 0 Å². The molecule has 1 atom stereocenters. The number of benzene rings is 1. The number of rotatable bonds is 5. The first-order chi connectivity index (χ1) is 16.1. The highest BCUT2D eigenvalue weighted by Crippen LogP contribution is 2.42. The Morgan fingerprint density at radius 2 is 1.94 bits per heavy atom. The number of hydrogen-bond acceptors (Lipinski definition) is 5. The molecule has 8 heteroatoms. The van der Waals surface area contributed by atoms with Gasteiger partial charge in [-0.2, -0.15) is 5.10 Å². The maximum atomic E-state index is 12.8. The van der Waals surface area contributed by atoms with Crippen molar-refractivity contribution >= 4 is 39.3 Å². The minimum absolute atomic E-state index is 0.0715. The number of anilines is 1. The molecular weight excluding hydrogens is 456 g/mol. The number of hydrogen-bond donors (Lipinski definition) is 2. The summed E-state index contributed by atoms with van der Waals surface area (Å²) in [5, 5.41) is 20.1. The van der Waals surface area contributed by atoms with Gasteiger partial charge in [-0.15, -0.1) is 0 Å². The van der Waals surface area contributed by atoms with Crippen LogP contribution in [0, 0.1) is 0 Å². The molecule has 2 aromatic heterocycles. The van der Waals surface area contributed by atoms with E-state index < -0.39 is 10.8 Å². The molecule has 6 nitrogen and oxygen atoms in total. The molecule has 1 aromatic carbocycles. The summed E-state index contributed by atoms with van der Waals surface area (Å²) in [4.78, 5) is 5.83. The quantitative estimate of drug-likeness (QED) is 0.534. The smallest absolute Gasteiger partial charge is 0.160 e. The van der Waals surface area contributed by atoms with E-state index in [1.165, 1.54) is 5.56 Å². The van der Waals surface area contributed by atoms with Gasteiger partial charge >= 0.3 is 0 Å². The van der Waals surface area contributed by atoms with Crippen LogP contribution >= 0.6 is 11.6 Å². The fraction of sp³-hybridized carbons (Fsp3) is 0.520. The Morgan fingerprint density at radius 1 is 1.18 bits per heavy atom. The molecule has 174 valence electrons. The minimum Gasteiger partial charge on any atom is -0.394 e. The number of aryl methyl sites for hydroxylation is 1.